The van der Waals surface area contributed by atoms with Gasteiger partial charge in [-0.3, -0.25) is 5.84 Å². The van der Waals surface area contributed by atoms with Crippen LogP contribution in [-0.2, 0) is 11.8 Å². The summed E-state index contributed by atoms with van der Waals surface area (Å²) in [5, 5.41) is 12.3. The topological polar surface area (TPSA) is 88.0 Å². The molecule has 4 N–H and O–H groups in total. The maximum atomic E-state index is 8.97. The van der Waals surface area contributed by atoms with Crippen LogP contribution in [-0.4, -0.2) is 23.8 Å². The Labute approximate surface area is 148 Å². The molecule has 6 nitrogen and oxygen atoms in total. The number of nitriles is 1. The zero-order valence-electron chi connectivity index (χ0n) is 14.7. The molecule has 1 aliphatic rings. The number of piperidine rings is 1. The van der Waals surface area contributed by atoms with Crippen molar-refractivity contribution in [2.45, 2.75) is 32.1 Å². The van der Waals surface area contributed by atoms with Gasteiger partial charge in [0.1, 0.15) is 0 Å². The van der Waals surface area contributed by atoms with Gasteiger partial charge in [0.25, 0.3) is 0 Å². The predicted molar refractivity (Wildman–Crippen MR) is 97.3 cm³/mol. The van der Waals surface area contributed by atoms with Crippen molar-refractivity contribution in [2.75, 3.05) is 13.1 Å². The molecular weight excluding hydrogens is 314 g/mol. The fourth-order valence-corrected chi connectivity index (χ4v) is 3.47. The molecule has 25 heavy (non-hydrogen) atoms. The van der Waals surface area contributed by atoms with Crippen LogP contribution in [0.15, 0.2) is 30.5 Å². The summed E-state index contributed by atoms with van der Waals surface area (Å²) >= 11 is 0. The zero-order chi connectivity index (χ0) is 17.8. The Hall–Kier alpha value is -2.17. The van der Waals surface area contributed by atoms with Crippen molar-refractivity contribution < 1.29 is 4.74 Å². The van der Waals surface area contributed by atoms with Crippen LogP contribution in [0.2, 0.25) is 0 Å². The Morgan fingerprint density at radius 2 is 2.00 bits per heavy atom. The second-order valence-electron chi connectivity index (χ2n) is 6.49. The molecule has 3 rings (SSSR count). The quantitative estimate of drug-likeness (QED) is 0.441. The number of benzene rings is 1. The lowest BCUT2D eigenvalue weighted by molar-refractivity contribution is -0.0485. The second kappa shape index (κ2) is 7.81. The lowest BCUT2D eigenvalue weighted by Crippen LogP contribution is -2.39. The first-order chi connectivity index (χ1) is 12.1. The first kappa shape index (κ1) is 17.6. The average molecular weight is 339 g/mol. The van der Waals surface area contributed by atoms with Crippen LogP contribution in [0.5, 0.6) is 0 Å². The second-order valence-corrected chi connectivity index (χ2v) is 6.49. The third kappa shape index (κ3) is 3.75. The van der Waals surface area contributed by atoms with Gasteiger partial charge in [-0.1, -0.05) is 12.1 Å². The lowest BCUT2D eigenvalue weighted by Gasteiger charge is -2.28. The minimum atomic E-state index is -0.347. The zero-order valence-corrected chi connectivity index (χ0v) is 14.7. The molecular formula is C19H25N5O. The van der Waals surface area contributed by atoms with E-state index in [-0.39, 0.29) is 12.3 Å². The molecule has 0 radical (unpaired) electrons. The maximum absolute atomic E-state index is 8.97. The molecule has 2 aromatic rings. The third-order valence-electron chi connectivity index (χ3n) is 4.83. The van der Waals surface area contributed by atoms with E-state index in [4.69, 9.17) is 15.8 Å². The summed E-state index contributed by atoms with van der Waals surface area (Å²) < 4.78 is 8.30. The highest BCUT2D eigenvalue weighted by molar-refractivity contribution is 5.69. The highest BCUT2D eigenvalue weighted by Gasteiger charge is 2.24. The standard InChI is InChI=1S/C19H25N5O/c1-13-17(15-5-3-14(11-20)4-6-15)12-24(2)18(13)19(23-21)25-16-7-9-22-10-8-16/h3-6,12,16,19,22-23H,7-10,21H2,1-2H3. The SMILES string of the molecule is Cc1c(-c2ccc(C#N)cc2)cn(C)c1C(NN)OC1CCNCC1. The smallest absolute Gasteiger partial charge is 0.161 e. The summed E-state index contributed by atoms with van der Waals surface area (Å²) in [5.74, 6) is 5.81. The molecule has 0 bridgehead atoms. The normalized spacial score (nSPS) is 16.6. The van der Waals surface area contributed by atoms with Crippen molar-refractivity contribution in [3.8, 4) is 17.2 Å². The van der Waals surface area contributed by atoms with Crippen LogP contribution < -0.4 is 16.6 Å². The van der Waals surface area contributed by atoms with Crippen LogP contribution in [0.3, 0.4) is 0 Å². The summed E-state index contributed by atoms with van der Waals surface area (Å²) in [6.07, 6.45) is 3.92. The van der Waals surface area contributed by atoms with E-state index >= 15 is 0 Å². The van der Waals surface area contributed by atoms with Gasteiger partial charge < -0.3 is 14.6 Å². The number of nitrogens with one attached hydrogen (secondary N) is 2. The van der Waals surface area contributed by atoms with Crippen molar-refractivity contribution in [1.29, 1.82) is 5.26 Å². The molecule has 6 heteroatoms. The molecule has 0 aliphatic carbocycles. The first-order valence-corrected chi connectivity index (χ1v) is 8.62. The van der Waals surface area contributed by atoms with Gasteiger partial charge in [0.05, 0.1) is 23.4 Å². The number of hydrogen-bond acceptors (Lipinski definition) is 5. The van der Waals surface area contributed by atoms with Crippen LogP contribution >= 0.6 is 0 Å². The van der Waals surface area contributed by atoms with E-state index in [9.17, 15) is 0 Å². The molecule has 132 valence electrons. The van der Waals surface area contributed by atoms with Crippen molar-refractivity contribution in [1.82, 2.24) is 15.3 Å². The van der Waals surface area contributed by atoms with E-state index in [1.807, 2.05) is 31.3 Å². The maximum Gasteiger partial charge on any atom is 0.161 e. The summed E-state index contributed by atoms with van der Waals surface area (Å²) in [6, 6.07) is 9.78. The number of aromatic nitrogens is 1. The van der Waals surface area contributed by atoms with Gasteiger partial charge >= 0.3 is 0 Å². The molecule has 1 aliphatic heterocycles. The Kier molecular flexibility index (Phi) is 5.51. The molecule has 2 heterocycles. The average Bonchev–Trinajstić information content (AvgIpc) is 2.95. The third-order valence-corrected chi connectivity index (χ3v) is 4.83. The fraction of sp³-hybridized carbons (Fsp3) is 0.421. The van der Waals surface area contributed by atoms with Crippen molar-refractivity contribution in [3.63, 3.8) is 0 Å². The number of aryl methyl sites for hydroxylation is 1. The molecule has 0 amide bonds. The largest absolute Gasteiger partial charge is 0.353 e. The Bertz CT molecular complexity index is 753. The van der Waals surface area contributed by atoms with E-state index in [1.54, 1.807) is 0 Å². The number of hydrazine groups is 1. The van der Waals surface area contributed by atoms with E-state index in [2.05, 4.69) is 34.5 Å². The van der Waals surface area contributed by atoms with E-state index in [1.165, 1.54) is 0 Å². The van der Waals surface area contributed by atoms with Gasteiger partial charge in [0, 0.05) is 18.8 Å². The van der Waals surface area contributed by atoms with Gasteiger partial charge in [-0.2, -0.15) is 5.26 Å². The van der Waals surface area contributed by atoms with Gasteiger partial charge in [0.2, 0.25) is 0 Å². The van der Waals surface area contributed by atoms with Crippen molar-refractivity contribution >= 4 is 0 Å². The van der Waals surface area contributed by atoms with Gasteiger partial charge in [0.15, 0.2) is 6.23 Å². The molecule has 1 aromatic heterocycles. The number of ether oxygens (including phenoxy) is 1. The molecule has 1 atom stereocenters. The van der Waals surface area contributed by atoms with Crippen LogP contribution in [0.25, 0.3) is 11.1 Å². The number of hydrogen-bond donors (Lipinski definition) is 3. The Morgan fingerprint density at radius 3 is 2.60 bits per heavy atom. The number of rotatable bonds is 5. The van der Waals surface area contributed by atoms with E-state index in [0.717, 1.165) is 48.3 Å². The molecule has 1 fully saturated rings. The molecule has 0 spiro atoms. The number of nitrogens with zero attached hydrogens (tertiary/aromatic N) is 2. The van der Waals surface area contributed by atoms with Gasteiger partial charge in [-0.15, -0.1) is 0 Å². The first-order valence-electron chi connectivity index (χ1n) is 8.62. The summed E-state index contributed by atoms with van der Waals surface area (Å²) in [4.78, 5) is 0. The van der Waals surface area contributed by atoms with Crippen LogP contribution in [0.4, 0.5) is 0 Å². The molecule has 1 saturated heterocycles. The predicted octanol–water partition coefficient (Wildman–Crippen LogP) is 2.10. The molecule has 1 aromatic carbocycles. The Balaban J connectivity index is 1.87. The van der Waals surface area contributed by atoms with E-state index in [0.29, 0.717) is 5.56 Å². The van der Waals surface area contributed by atoms with Gasteiger partial charge in [-0.05, 0) is 56.1 Å². The summed E-state index contributed by atoms with van der Waals surface area (Å²) in [6.45, 7) is 4.04. The minimum Gasteiger partial charge on any atom is -0.353 e. The monoisotopic (exact) mass is 339 g/mol. The highest BCUT2D eigenvalue weighted by Crippen LogP contribution is 2.32. The van der Waals surface area contributed by atoms with Crippen LogP contribution in [0, 0.1) is 18.3 Å². The van der Waals surface area contributed by atoms with E-state index < -0.39 is 0 Å². The minimum absolute atomic E-state index is 0.204. The van der Waals surface area contributed by atoms with Crippen molar-refractivity contribution in [3.05, 3.63) is 47.3 Å². The summed E-state index contributed by atoms with van der Waals surface area (Å²) in [7, 11) is 2.01. The van der Waals surface area contributed by atoms with Gasteiger partial charge in [-0.25, -0.2) is 5.43 Å². The summed E-state index contributed by atoms with van der Waals surface area (Å²) in [5.41, 5.74) is 7.84. The fourth-order valence-electron chi connectivity index (χ4n) is 3.47. The molecule has 0 saturated carbocycles. The molecule has 1 unspecified atom stereocenters. The van der Waals surface area contributed by atoms with Crippen molar-refractivity contribution in [2.24, 2.45) is 12.9 Å². The lowest BCUT2D eigenvalue weighted by atomic mass is 10.0. The number of nitrogens with two attached hydrogens (primary N) is 1. The Morgan fingerprint density at radius 1 is 1.32 bits per heavy atom. The van der Waals surface area contributed by atoms with Crippen LogP contribution in [0.1, 0.15) is 35.9 Å². The highest BCUT2D eigenvalue weighted by atomic mass is 16.5.